The Kier molecular flexibility index (Phi) is 57.7. The molecule has 0 aliphatic heterocycles. The molecule has 0 aromatic heterocycles. The summed E-state index contributed by atoms with van der Waals surface area (Å²) < 4.78 is 0. The third-order valence-corrected chi connectivity index (χ3v) is 14.8. The van der Waals surface area contributed by atoms with Crippen LogP contribution < -0.4 is 5.32 Å². The van der Waals surface area contributed by atoms with E-state index in [0.717, 1.165) is 25.7 Å². The van der Waals surface area contributed by atoms with Gasteiger partial charge < -0.3 is 15.5 Å². The molecule has 0 aliphatic rings. The van der Waals surface area contributed by atoms with Gasteiger partial charge in [0.25, 0.3) is 0 Å². The molecular weight excluding hydrogens is 807 g/mol. The Morgan fingerprint density at radius 3 is 0.833 bits per heavy atom. The zero-order valence-corrected chi connectivity index (χ0v) is 45.5. The van der Waals surface area contributed by atoms with Crippen LogP contribution in [0.1, 0.15) is 361 Å². The van der Waals surface area contributed by atoms with Crippen LogP contribution in [0.3, 0.4) is 0 Å². The predicted octanol–water partition coefficient (Wildman–Crippen LogP) is 20.5. The van der Waals surface area contributed by atoms with E-state index in [1.54, 1.807) is 0 Å². The molecule has 66 heavy (non-hydrogen) atoms. The van der Waals surface area contributed by atoms with E-state index in [1.807, 2.05) is 0 Å². The normalized spacial score (nSPS) is 12.7. The van der Waals surface area contributed by atoms with Crippen molar-refractivity contribution in [1.82, 2.24) is 5.32 Å². The van der Waals surface area contributed by atoms with Crippen LogP contribution >= 0.6 is 0 Å². The number of hydrogen-bond acceptors (Lipinski definition) is 3. The molecular formula is C62H123NO3. The van der Waals surface area contributed by atoms with E-state index >= 15 is 0 Å². The van der Waals surface area contributed by atoms with Crippen LogP contribution in [0.4, 0.5) is 0 Å². The number of hydrogen-bond donors (Lipinski definition) is 3. The first-order valence-electron chi connectivity index (χ1n) is 30.9. The Hall–Kier alpha value is -0.870. The molecule has 0 saturated heterocycles. The first-order chi connectivity index (χ1) is 32.7. The highest BCUT2D eigenvalue weighted by molar-refractivity contribution is 5.76. The van der Waals surface area contributed by atoms with Crippen LogP contribution in [-0.2, 0) is 4.79 Å². The Morgan fingerprint density at radius 1 is 0.348 bits per heavy atom. The van der Waals surface area contributed by atoms with Gasteiger partial charge in [-0.05, 0) is 38.5 Å². The van der Waals surface area contributed by atoms with Gasteiger partial charge in [-0.2, -0.15) is 0 Å². The molecule has 2 unspecified atom stereocenters. The number of nitrogens with one attached hydrogen (secondary N) is 1. The van der Waals surface area contributed by atoms with E-state index in [4.69, 9.17) is 0 Å². The van der Waals surface area contributed by atoms with Crippen molar-refractivity contribution in [2.45, 2.75) is 373 Å². The Balaban J connectivity index is 3.37. The first kappa shape index (κ1) is 65.1. The van der Waals surface area contributed by atoms with Crippen molar-refractivity contribution in [2.24, 2.45) is 0 Å². The van der Waals surface area contributed by atoms with Gasteiger partial charge in [0.05, 0.1) is 18.8 Å². The fourth-order valence-electron chi connectivity index (χ4n) is 10.1. The van der Waals surface area contributed by atoms with Crippen molar-refractivity contribution in [3.05, 3.63) is 12.2 Å². The third-order valence-electron chi connectivity index (χ3n) is 14.8. The fourth-order valence-corrected chi connectivity index (χ4v) is 10.1. The van der Waals surface area contributed by atoms with E-state index in [0.29, 0.717) is 12.8 Å². The van der Waals surface area contributed by atoms with Gasteiger partial charge in [0.2, 0.25) is 5.91 Å². The van der Waals surface area contributed by atoms with Gasteiger partial charge >= 0.3 is 0 Å². The minimum absolute atomic E-state index is 0.0223. The number of amides is 1. The van der Waals surface area contributed by atoms with Crippen molar-refractivity contribution < 1.29 is 15.0 Å². The highest BCUT2D eigenvalue weighted by Gasteiger charge is 2.20. The fraction of sp³-hybridized carbons (Fsp3) is 0.952. The van der Waals surface area contributed by atoms with Crippen LogP contribution in [0, 0.1) is 0 Å². The molecule has 0 bridgehead atoms. The average molecular weight is 931 g/mol. The Morgan fingerprint density at radius 2 is 0.576 bits per heavy atom. The number of aliphatic hydroxyl groups excluding tert-OH is 2. The predicted molar refractivity (Wildman–Crippen MR) is 295 cm³/mol. The summed E-state index contributed by atoms with van der Waals surface area (Å²) >= 11 is 0. The monoisotopic (exact) mass is 930 g/mol. The smallest absolute Gasteiger partial charge is 0.220 e. The SMILES string of the molecule is CCCCCCCCCC/C=C\CCCCCCCCCCCCCCCCCCCCCCCCCC(=O)NC(CO)C(O)CCCCCCCCCCCCCCCCCCCCC. The molecule has 0 saturated carbocycles. The summed E-state index contributed by atoms with van der Waals surface area (Å²) in [4.78, 5) is 12.5. The molecule has 1 amide bonds. The molecule has 0 heterocycles. The minimum Gasteiger partial charge on any atom is -0.394 e. The van der Waals surface area contributed by atoms with E-state index in [9.17, 15) is 15.0 Å². The summed E-state index contributed by atoms with van der Waals surface area (Å²) in [6.07, 6.45) is 76.6. The lowest BCUT2D eigenvalue weighted by Crippen LogP contribution is -2.45. The number of carbonyl (C=O) groups is 1. The maximum Gasteiger partial charge on any atom is 0.220 e. The van der Waals surface area contributed by atoms with Crippen LogP contribution in [0.25, 0.3) is 0 Å². The van der Waals surface area contributed by atoms with Crippen LogP contribution in [0.5, 0.6) is 0 Å². The third kappa shape index (κ3) is 54.1. The first-order valence-corrected chi connectivity index (χ1v) is 30.9. The molecule has 0 fully saturated rings. The average Bonchev–Trinajstić information content (AvgIpc) is 3.32. The molecule has 0 aliphatic carbocycles. The van der Waals surface area contributed by atoms with Gasteiger partial charge in [-0.3, -0.25) is 4.79 Å². The molecule has 4 heteroatoms. The van der Waals surface area contributed by atoms with Crippen LogP contribution in [0.15, 0.2) is 12.2 Å². The maximum absolute atomic E-state index is 12.5. The van der Waals surface area contributed by atoms with E-state index in [2.05, 4.69) is 31.3 Å². The number of unbranched alkanes of at least 4 members (excludes halogenated alkanes) is 49. The van der Waals surface area contributed by atoms with Crippen molar-refractivity contribution in [2.75, 3.05) is 6.61 Å². The second-order valence-electron chi connectivity index (χ2n) is 21.5. The number of carbonyl (C=O) groups excluding carboxylic acids is 1. The highest BCUT2D eigenvalue weighted by atomic mass is 16.3. The van der Waals surface area contributed by atoms with Crippen molar-refractivity contribution in [1.29, 1.82) is 0 Å². The highest BCUT2D eigenvalue weighted by Crippen LogP contribution is 2.19. The summed E-state index contributed by atoms with van der Waals surface area (Å²) in [7, 11) is 0. The summed E-state index contributed by atoms with van der Waals surface area (Å²) in [5, 5.41) is 23.4. The second-order valence-corrected chi connectivity index (χ2v) is 21.5. The van der Waals surface area contributed by atoms with Crippen molar-refractivity contribution in [3.8, 4) is 0 Å². The zero-order valence-electron chi connectivity index (χ0n) is 45.5. The van der Waals surface area contributed by atoms with Gasteiger partial charge in [0.1, 0.15) is 0 Å². The molecule has 0 spiro atoms. The van der Waals surface area contributed by atoms with Crippen LogP contribution in [-0.4, -0.2) is 34.9 Å². The number of allylic oxidation sites excluding steroid dienone is 2. The summed E-state index contributed by atoms with van der Waals surface area (Å²) in [5.74, 6) is -0.0223. The molecule has 0 aromatic rings. The van der Waals surface area contributed by atoms with Gasteiger partial charge in [-0.15, -0.1) is 0 Å². The molecule has 3 N–H and O–H groups in total. The lowest BCUT2D eigenvalue weighted by molar-refractivity contribution is -0.123. The standard InChI is InChI=1S/C62H123NO3/c1-3-5-7-9-11-13-15-17-19-21-23-24-25-26-27-28-29-30-31-32-33-34-35-36-37-38-40-42-44-46-48-50-52-54-56-58-62(66)63-60(59-64)61(65)57-55-53-51-49-47-45-43-41-39-22-20-18-16-14-12-10-8-6-4-2/h21,23,60-61,64-65H,3-20,22,24-59H2,1-2H3,(H,63,66)/b23-21-. The van der Waals surface area contributed by atoms with E-state index in [-0.39, 0.29) is 12.5 Å². The molecule has 0 rings (SSSR count). The van der Waals surface area contributed by atoms with Crippen LogP contribution in [0.2, 0.25) is 0 Å². The number of aliphatic hydroxyl groups is 2. The molecule has 4 nitrogen and oxygen atoms in total. The second kappa shape index (κ2) is 58.4. The van der Waals surface area contributed by atoms with Crippen molar-refractivity contribution >= 4 is 5.91 Å². The maximum atomic E-state index is 12.5. The topological polar surface area (TPSA) is 69.6 Å². The zero-order chi connectivity index (χ0) is 47.7. The largest absolute Gasteiger partial charge is 0.394 e. The minimum atomic E-state index is -0.656. The quantitative estimate of drug-likeness (QED) is 0.0420. The van der Waals surface area contributed by atoms with Gasteiger partial charge in [-0.1, -0.05) is 328 Å². The lowest BCUT2D eigenvalue weighted by Gasteiger charge is -2.22. The summed E-state index contributed by atoms with van der Waals surface area (Å²) in [6, 6.07) is -0.533. The van der Waals surface area contributed by atoms with E-state index < -0.39 is 12.1 Å². The molecule has 2 atom stereocenters. The van der Waals surface area contributed by atoms with Gasteiger partial charge in [0, 0.05) is 6.42 Å². The Labute approximate surface area is 416 Å². The summed E-state index contributed by atoms with van der Waals surface area (Å²) in [5.41, 5.74) is 0. The van der Waals surface area contributed by atoms with Crippen molar-refractivity contribution in [3.63, 3.8) is 0 Å². The molecule has 0 aromatic carbocycles. The lowest BCUT2D eigenvalue weighted by atomic mass is 10.0. The summed E-state index contributed by atoms with van der Waals surface area (Å²) in [6.45, 7) is 4.40. The molecule has 0 radical (unpaired) electrons. The number of rotatable bonds is 58. The van der Waals surface area contributed by atoms with E-state index in [1.165, 1.54) is 308 Å². The molecule has 394 valence electrons. The Bertz CT molecular complexity index is 921. The van der Waals surface area contributed by atoms with Gasteiger partial charge in [0.15, 0.2) is 0 Å². The van der Waals surface area contributed by atoms with Gasteiger partial charge in [-0.25, -0.2) is 0 Å².